The van der Waals surface area contributed by atoms with Crippen LogP contribution in [0.1, 0.15) is 27.8 Å². The molecule has 0 saturated heterocycles. The molecule has 118 valence electrons. The van der Waals surface area contributed by atoms with Gasteiger partial charge < -0.3 is 5.32 Å². The minimum Gasteiger partial charge on any atom is -0.388 e. The van der Waals surface area contributed by atoms with Gasteiger partial charge in [0.05, 0.1) is 0 Å². The summed E-state index contributed by atoms with van der Waals surface area (Å²) in [5.74, 6) is 0. The maximum Gasteiger partial charge on any atom is 0.0411 e. The lowest BCUT2D eigenvalue weighted by molar-refractivity contribution is 0.965. The first kappa shape index (κ1) is 14.8. The van der Waals surface area contributed by atoms with Gasteiger partial charge in [0.15, 0.2) is 0 Å². The van der Waals surface area contributed by atoms with E-state index in [1.807, 2.05) is 7.05 Å². The van der Waals surface area contributed by atoms with Crippen molar-refractivity contribution in [2.75, 3.05) is 12.4 Å². The maximum atomic E-state index is 3.30. The van der Waals surface area contributed by atoms with Crippen LogP contribution in [-0.4, -0.2) is 7.05 Å². The molecule has 3 aromatic carbocycles. The zero-order chi connectivity index (χ0) is 16.4. The zero-order valence-electron chi connectivity index (χ0n) is 13.9. The smallest absolute Gasteiger partial charge is 0.0411 e. The highest BCUT2D eigenvalue weighted by Crippen LogP contribution is 2.35. The molecule has 0 heterocycles. The van der Waals surface area contributed by atoms with Gasteiger partial charge in [-0.25, -0.2) is 0 Å². The molecule has 24 heavy (non-hydrogen) atoms. The van der Waals surface area contributed by atoms with Gasteiger partial charge in [-0.1, -0.05) is 66.7 Å². The summed E-state index contributed by atoms with van der Waals surface area (Å²) in [6, 6.07) is 26.1. The number of hydrogen-bond donors (Lipinski definition) is 1. The number of benzene rings is 3. The Morgan fingerprint density at radius 3 is 1.88 bits per heavy atom. The first-order chi connectivity index (χ1) is 11.9. The minimum absolute atomic E-state index is 1.10. The van der Waals surface area contributed by atoms with Crippen LogP contribution in [0.5, 0.6) is 0 Å². The predicted octanol–water partition coefficient (Wildman–Crippen LogP) is 5.42. The van der Waals surface area contributed by atoms with Crippen LogP contribution in [0.4, 0.5) is 5.69 Å². The van der Waals surface area contributed by atoms with E-state index in [0.717, 1.165) is 18.5 Å². The van der Waals surface area contributed by atoms with Crippen molar-refractivity contribution in [2.45, 2.75) is 12.8 Å². The van der Waals surface area contributed by atoms with Crippen LogP contribution in [0.3, 0.4) is 0 Å². The molecule has 1 heteroatoms. The van der Waals surface area contributed by atoms with Gasteiger partial charge in [0.25, 0.3) is 0 Å². The zero-order valence-corrected chi connectivity index (χ0v) is 13.9. The quantitative estimate of drug-likeness (QED) is 0.666. The van der Waals surface area contributed by atoms with Crippen molar-refractivity contribution in [2.24, 2.45) is 0 Å². The average Bonchev–Trinajstić information content (AvgIpc) is 2.80. The van der Waals surface area contributed by atoms with Crippen LogP contribution in [0.25, 0.3) is 11.6 Å². The molecule has 0 saturated carbocycles. The fraction of sp³-hybridized carbons (Fsp3) is 0.130. The Hall–Kier alpha value is -2.80. The van der Waals surface area contributed by atoms with E-state index in [-0.39, 0.29) is 0 Å². The standard InChI is InChI=1S/C23H21N/c1-24-23-13-7-4-10-19(23)16-22-20-11-5-2-8-17(20)14-15-18-9-3-6-12-21(18)22/h2-13,16,24H,14-15H2,1H3. The number of aryl methyl sites for hydroxylation is 2. The van der Waals surface area contributed by atoms with Crippen LogP contribution in [0, 0.1) is 0 Å². The van der Waals surface area contributed by atoms with Gasteiger partial charge in [0.2, 0.25) is 0 Å². The lowest BCUT2D eigenvalue weighted by atomic mass is 9.92. The lowest BCUT2D eigenvalue weighted by Crippen LogP contribution is -1.94. The first-order valence-corrected chi connectivity index (χ1v) is 8.52. The van der Waals surface area contributed by atoms with Crippen molar-refractivity contribution >= 4 is 17.3 Å². The second-order valence-electron chi connectivity index (χ2n) is 6.21. The normalized spacial score (nSPS) is 12.8. The van der Waals surface area contributed by atoms with Crippen molar-refractivity contribution in [3.05, 3.63) is 101 Å². The fourth-order valence-corrected chi connectivity index (χ4v) is 3.58. The summed E-state index contributed by atoms with van der Waals surface area (Å²) in [6.45, 7) is 0. The molecule has 1 aliphatic rings. The van der Waals surface area contributed by atoms with E-state index in [1.165, 1.54) is 33.4 Å². The number of hydrogen-bond acceptors (Lipinski definition) is 1. The Kier molecular flexibility index (Phi) is 3.92. The Morgan fingerprint density at radius 1 is 0.708 bits per heavy atom. The predicted molar refractivity (Wildman–Crippen MR) is 103 cm³/mol. The summed E-state index contributed by atoms with van der Waals surface area (Å²) >= 11 is 0. The summed E-state index contributed by atoms with van der Waals surface area (Å²) in [4.78, 5) is 0. The van der Waals surface area contributed by atoms with Crippen molar-refractivity contribution in [1.29, 1.82) is 0 Å². The number of rotatable bonds is 2. The van der Waals surface area contributed by atoms with Gasteiger partial charge in [0.1, 0.15) is 0 Å². The molecule has 4 rings (SSSR count). The van der Waals surface area contributed by atoms with Crippen molar-refractivity contribution in [3.63, 3.8) is 0 Å². The third-order valence-electron chi connectivity index (χ3n) is 4.81. The van der Waals surface area contributed by atoms with Crippen LogP contribution in [0.2, 0.25) is 0 Å². The van der Waals surface area contributed by atoms with Crippen LogP contribution in [-0.2, 0) is 12.8 Å². The molecule has 0 radical (unpaired) electrons. The summed E-state index contributed by atoms with van der Waals surface area (Å²) in [7, 11) is 1.98. The van der Waals surface area contributed by atoms with Gasteiger partial charge in [0, 0.05) is 12.7 Å². The van der Waals surface area contributed by atoms with E-state index in [9.17, 15) is 0 Å². The molecule has 0 spiro atoms. The largest absolute Gasteiger partial charge is 0.388 e. The summed E-state index contributed by atoms with van der Waals surface area (Å²) in [5.41, 5.74) is 9.28. The van der Waals surface area contributed by atoms with E-state index in [0.29, 0.717) is 0 Å². The molecule has 1 nitrogen and oxygen atoms in total. The Morgan fingerprint density at radius 2 is 1.25 bits per heavy atom. The summed E-state index contributed by atoms with van der Waals surface area (Å²) in [5, 5.41) is 3.30. The Labute approximate surface area is 143 Å². The number of anilines is 1. The number of nitrogens with one attached hydrogen (secondary N) is 1. The summed E-state index contributed by atoms with van der Waals surface area (Å²) < 4.78 is 0. The van der Waals surface area contributed by atoms with Crippen LogP contribution in [0.15, 0.2) is 72.8 Å². The Balaban J connectivity index is 1.98. The third-order valence-corrected chi connectivity index (χ3v) is 4.81. The van der Waals surface area contributed by atoms with Gasteiger partial charge in [-0.3, -0.25) is 0 Å². The van der Waals surface area contributed by atoms with Gasteiger partial charge in [-0.05, 0) is 58.4 Å². The molecule has 0 aliphatic heterocycles. The minimum atomic E-state index is 1.10. The monoisotopic (exact) mass is 311 g/mol. The van der Waals surface area contributed by atoms with Crippen molar-refractivity contribution < 1.29 is 0 Å². The molecule has 0 atom stereocenters. The number of fused-ring (bicyclic) bond motifs is 2. The van der Waals surface area contributed by atoms with Gasteiger partial charge >= 0.3 is 0 Å². The molecule has 0 amide bonds. The lowest BCUT2D eigenvalue weighted by Gasteiger charge is -2.13. The molecule has 0 bridgehead atoms. The van der Waals surface area contributed by atoms with E-state index in [1.54, 1.807) is 0 Å². The second kappa shape index (κ2) is 6.37. The average molecular weight is 311 g/mol. The van der Waals surface area contributed by atoms with Crippen LogP contribution >= 0.6 is 0 Å². The molecule has 3 aromatic rings. The van der Waals surface area contributed by atoms with E-state index >= 15 is 0 Å². The molecule has 0 aromatic heterocycles. The highest BCUT2D eigenvalue weighted by molar-refractivity contribution is 5.95. The second-order valence-corrected chi connectivity index (χ2v) is 6.21. The molecule has 1 N–H and O–H groups in total. The van der Waals surface area contributed by atoms with Crippen molar-refractivity contribution in [1.82, 2.24) is 0 Å². The van der Waals surface area contributed by atoms with Crippen LogP contribution < -0.4 is 5.32 Å². The molecule has 0 unspecified atom stereocenters. The van der Waals surface area contributed by atoms with Gasteiger partial charge in [-0.15, -0.1) is 0 Å². The number of para-hydroxylation sites is 1. The molecule has 1 aliphatic carbocycles. The first-order valence-electron chi connectivity index (χ1n) is 8.52. The van der Waals surface area contributed by atoms with Crippen molar-refractivity contribution in [3.8, 4) is 0 Å². The van der Waals surface area contributed by atoms with Gasteiger partial charge in [-0.2, -0.15) is 0 Å². The topological polar surface area (TPSA) is 12.0 Å². The SMILES string of the molecule is CNc1ccccc1C=C1c2ccccc2CCc2ccccc21. The highest BCUT2D eigenvalue weighted by Gasteiger charge is 2.17. The summed E-state index contributed by atoms with van der Waals surface area (Å²) in [6.07, 6.45) is 4.52. The third kappa shape index (κ3) is 2.63. The highest BCUT2D eigenvalue weighted by atomic mass is 14.8. The molecular weight excluding hydrogens is 290 g/mol. The molecule has 0 fully saturated rings. The molecular formula is C23H21N. The maximum absolute atomic E-state index is 3.30. The van der Waals surface area contributed by atoms with E-state index in [4.69, 9.17) is 0 Å². The van der Waals surface area contributed by atoms with E-state index < -0.39 is 0 Å². The Bertz CT molecular complexity index is 856. The fourth-order valence-electron chi connectivity index (χ4n) is 3.58. The van der Waals surface area contributed by atoms with E-state index in [2.05, 4.69) is 84.2 Å².